The number of hydrogen-bond acceptors (Lipinski definition) is 3. The third-order valence-corrected chi connectivity index (χ3v) is 4.00. The highest BCUT2D eigenvalue weighted by Gasteiger charge is 2.38. The van der Waals surface area contributed by atoms with Gasteiger partial charge in [0.05, 0.1) is 12.1 Å². The maximum atomic E-state index is 9.58. The lowest BCUT2D eigenvalue weighted by atomic mass is 9.91. The molecule has 1 heterocycles. The van der Waals surface area contributed by atoms with Gasteiger partial charge in [-0.2, -0.15) is 0 Å². The molecule has 3 unspecified atom stereocenters. The number of aliphatic imine (C=N–C) groups is 1. The summed E-state index contributed by atoms with van der Waals surface area (Å²) >= 11 is 0. The van der Waals surface area contributed by atoms with Crippen LogP contribution in [-0.4, -0.2) is 29.3 Å². The molecule has 0 radical (unpaired) electrons. The van der Waals surface area contributed by atoms with Crippen molar-refractivity contribution in [3.63, 3.8) is 0 Å². The lowest BCUT2D eigenvalue weighted by Gasteiger charge is -2.26. The minimum absolute atomic E-state index is 0.163. The second-order valence-electron chi connectivity index (χ2n) is 5.14. The van der Waals surface area contributed by atoms with Crippen molar-refractivity contribution in [3.05, 3.63) is 0 Å². The second-order valence-corrected chi connectivity index (χ2v) is 5.14. The summed E-state index contributed by atoms with van der Waals surface area (Å²) in [5, 5.41) is 9.58. The molecule has 0 aromatic heterocycles. The Morgan fingerprint density at radius 2 is 1.93 bits per heavy atom. The van der Waals surface area contributed by atoms with Gasteiger partial charge in [0.2, 0.25) is 0 Å². The second kappa shape index (κ2) is 3.78. The Balaban J connectivity index is 1.68. The van der Waals surface area contributed by atoms with E-state index in [9.17, 15) is 5.11 Å². The van der Waals surface area contributed by atoms with Crippen LogP contribution in [0.5, 0.6) is 0 Å². The highest BCUT2D eigenvalue weighted by atomic mass is 16.5. The molecule has 0 bridgehead atoms. The Bertz CT molecular complexity index is 271. The summed E-state index contributed by atoms with van der Waals surface area (Å²) in [4.78, 5) is 4.71. The standard InChI is InChI=1S/C12H19NO2/c14-9-5-6-10-11(7-9)15-12(13-10)8-3-1-2-4-8/h8-11,14H,1-7H2. The van der Waals surface area contributed by atoms with E-state index in [-0.39, 0.29) is 12.2 Å². The Morgan fingerprint density at radius 3 is 2.73 bits per heavy atom. The van der Waals surface area contributed by atoms with E-state index in [2.05, 4.69) is 0 Å². The number of nitrogens with zero attached hydrogens (tertiary/aromatic N) is 1. The fraction of sp³-hybridized carbons (Fsp3) is 0.917. The first kappa shape index (κ1) is 9.64. The van der Waals surface area contributed by atoms with Gasteiger partial charge in [-0.1, -0.05) is 12.8 Å². The van der Waals surface area contributed by atoms with Crippen molar-refractivity contribution in [1.82, 2.24) is 0 Å². The zero-order valence-electron chi connectivity index (χ0n) is 9.06. The molecule has 3 aliphatic rings. The molecule has 3 nitrogen and oxygen atoms in total. The van der Waals surface area contributed by atoms with E-state index in [1.165, 1.54) is 25.7 Å². The highest BCUT2D eigenvalue weighted by molar-refractivity contribution is 5.81. The largest absolute Gasteiger partial charge is 0.475 e. The Labute approximate surface area is 90.5 Å². The number of aliphatic hydroxyl groups is 1. The van der Waals surface area contributed by atoms with Crippen molar-refractivity contribution < 1.29 is 9.84 Å². The molecule has 84 valence electrons. The smallest absolute Gasteiger partial charge is 0.187 e. The summed E-state index contributed by atoms with van der Waals surface area (Å²) in [7, 11) is 0. The Kier molecular flexibility index (Phi) is 2.43. The summed E-state index contributed by atoms with van der Waals surface area (Å²) in [5.74, 6) is 1.60. The number of rotatable bonds is 1. The summed E-state index contributed by atoms with van der Waals surface area (Å²) in [6.07, 6.45) is 7.85. The normalized spacial score (nSPS) is 41.1. The van der Waals surface area contributed by atoms with Gasteiger partial charge in [-0.25, -0.2) is 4.99 Å². The number of hydrogen-bond donors (Lipinski definition) is 1. The van der Waals surface area contributed by atoms with Crippen molar-refractivity contribution >= 4 is 5.90 Å². The molecule has 15 heavy (non-hydrogen) atoms. The van der Waals surface area contributed by atoms with E-state index in [0.717, 1.165) is 25.2 Å². The lowest BCUT2D eigenvalue weighted by molar-refractivity contribution is 0.0481. The van der Waals surface area contributed by atoms with Gasteiger partial charge >= 0.3 is 0 Å². The van der Waals surface area contributed by atoms with Crippen LogP contribution in [0.15, 0.2) is 4.99 Å². The fourth-order valence-electron chi connectivity index (χ4n) is 3.09. The number of fused-ring (bicyclic) bond motifs is 1. The minimum atomic E-state index is -0.163. The molecular formula is C12H19NO2. The van der Waals surface area contributed by atoms with Crippen LogP contribution in [0.4, 0.5) is 0 Å². The average Bonchev–Trinajstić information content (AvgIpc) is 2.84. The van der Waals surface area contributed by atoms with Crippen LogP contribution >= 0.6 is 0 Å². The molecule has 3 heteroatoms. The van der Waals surface area contributed by atoms with Gasteiger partial charge in [0.15, 0.2) is 5.90 Å². The lowest BCUT2D eigenvalue weighted by Crippen LogP contribution is -2.33. The molecule has 0 amide bonds. The molecular weight excluding hydrogens is 190 g/mol. The first-order valence-corrected chi connectivity index (χ1v) is 6.25. The van der Waals surface area contributed by atoms with E-state index < -0.39 is 0 Å². The quantitative estimate of drug-likeness (QED) is 0.716. The van der Waals surface area contributed by atoms with Crippen molar-refractivity contribution in [2.75, 3.05) is 0 Å². The van der Waals surface area contributed by atoms with Crippen LogP contribution in [0.1, 0.15) is 44.9 Å². The van der Waals surface area contributed by atoms with E-state index in [1.807, 2.05) is 0 Å². The van der Waals surface area contributed by atoms with Crippen LogP contribution in [0, 0.1) is 5.92 Å². The minimum Gasteiger partial charge on any atom is -0.475 e. The Morgan fingerprint density at radius 1 is 1.13 bits per heavy atom. The van der Waals surface area contributed by atoms with Crippen LogP contribution in [0.2, 0.25) is 0 Å². The van der Waals surface area contributed by atoms with E-state index >= 15 is 0 Å². The monoisotopic (exact) mass is 209 g/mol. The van der Waals surface area contributed by atoms with Crippen LogP contribution in [-0.2, 0) is 4.74 Å². The third-order valence-electron chi connectivity index (χ3n) is 4.00. The SMILES string of the molecule is OC1CCC2N=C(C3CCCC3)OC2C1. The van der Waals surface area contributed by atoms with Crippen molar-refractivity contribution in [2.24, 2.45) is 10.9 Å². The maximum absolute atomic E-state index is 9.58. The molecule has 2 fully saturated rings. The molecule has 3 rings (SSSR count). The average molecular weight is 209 g/mol. The predicted octanol–water partition coefficient (Wildman–Crippen LogP) is 1.89. The molecule has 2 aliphatic carbocycles. The van der Waals surface area contributed by atoms with Gasteiger partial charge in [-0.3, -0.25) is 0 Å². The Hall–Kier alpha value is -0.570. The molecule has 0 aromatic carbocycles. The molecule has 0 spiro atoms. The molecule has 0 aromatic rings. The topological polar surface area (TPSA) is 41.8 Å². The zero-order valence-corrected chi connectivity index (χ0v) is 9.06. The van der Waals surface area contributed by atoms with E-state index in [4.69, 9.17) is 9.73 Å². The third kappa shape index (κ3) is 1.78. The van der Waals surface area contributed by atoms with Crippen LogP contribution in [0.25, 0.3) is 0 Å². The summed E-state index contributed by atoms with van der Waals surface area (Å²) in [6, 6.07) is 0.351. The summed E-state index contributed by atoms with van der Waals surface area (Å²) < 4.78 is 5.91. The van der Waals surface area contributed by atoms with E-state index in [0.29, 0.717) is 12.0 Å². The molecule has 2 saturated carbocycles. The van der Waals surface area contributed by atoms with Gasteiger partial charge in [0.25, 0.3) is 0 Å². The summed E-state index contributed by atoms with van der Waals surface area (Å²) in [5.41, 5.74) is 0. The van der Waals surface area contributed by atoms with Gasteiger partial charge in [-0.15, -0.1) is 0 Å². The number of ether oxygens (including phenoxy) is 1. The molecule has 1 aliphatic heterocycles. The van der Waals surface area contributed by atoms with Crippen LogP contribution < -0.4 is 0 Å². The van der Waals surface area contributed by atoms with Gasteiger partial charge in [0.1, 0.15) is 6.10 Å². The molecule has 0 saturated heterocycles. The van der Waals surface area contributed by atoms with Crippen molar-refractivity contribution in [2.45, 2.75) is 63.2 Å². The summed E-state index contributed by atoms with van der Waals surface area (Å²) in [6.45, 7) is 0. The van der Waals surface area contributed by atoms with Crippen molar-refractivity contribution in [3.8, 4) is 0 Å². The zero-order chi connectivity index (χ0) is 10.3. The first-order chi connectivity index (χ1) is 7.33. The van der Waals surface area contributed by atoms with Gasteiger partial charge < -0.3 is 9.84 Å². The highest BCUT2D eigenvalue weighted by Crippen LogP contribution is 2.34. The predicted molar refractivity (Wildman–Crippen MR) is 57.9 cm³/mol. The number of aliphatic hydroxyl groups excluding tert-OH is 1. The first-order valence-electron chi connectivity index (χ1n) is 6.25. The molecule has 3 atom stereocenters. The van der Waals surface area contributed by atoms with Crippen LogP contribution in [0.3, 0.4) is 0 Å². The molecule has 1 N–H and O–H groups in total. The van der Waals surface area contributed by atoms with E-state index in [1.54, 1.807) is 0 Å². The fourth-order valence-corrected chi connectivity index (χ4v) is 3.09. The maximum Gasteiger partial charge on any atom is 0.187 e. The van der Waals surface area contributed by atoms with Crippen molar-refractivity contribution in [1.29, 1.82) is 0 Å². The van der Waals surface area contributed by atoms with Gasteiger partial charge in [0, 0.05) is 12.3 Å². The van der Waals surface area contributed by atoms with Gasteiger partial charge in [-0.05, 0) is 25.7 Å².